The van der Waals surface area contributed by atoms with Crippen molar-refractivity contribution in [3.63, 3.8) is 0 Å². The minimum absolute atomic E-state index is 0.276. The van der Waals surface area contributed by atoms with E-state index in [0.29, 0.717) is 6.42 Å². The Kier molecular flexibility index (Phi) is 4.11. The Bertz CT molecular complexity index is 536. The number of nitrogens with two attached hydrogens (primary N) is 1. The van der Waals surface area contributed by atoms with Crippen LogP contribution in [0.15, 0.2) is 23.6 Å². The van der Waals surface area contributed by atoms with Crippen molar-refractivity contribution in [3.05, 3.63) is 39.7 Å². The zero-order valence-corrected chi connectivity index (χ0v) is 11.5. The number of thiazole rings is 1. The van der Waals surface area contributed by atoms with Crippen molar-refractivity contribution in [1.29, 1.82) is 0 Å². The Hall–Kier alpha value is -1.23. The molecular weight excluding hydrogens is 244 g/mol. The summed E-state index contributed by atoms with van der Waals surface area (Å²) in [5.74, 6) is 0. The first-order valence-electron chi connectivity index (χ1n) is 6.00. The van der Waals surface area contributed by atoms with E-state index in [9.17, 15) is 5.11 Å². The molecule has 1 atom stereocenters. The third-order valence-electron chi connectivity index (χ3n) is 2.89. The Morgan fingerprint density at radius 1 is 1.39 bits per heavy atom. The van der Waals surface area contributed by atoms with Gasteiger partial charge in [-0.25, -0.2) is 4.98 Å². The summed E-state index contributed by atoms with van der Waals surface area (Å²) in [7, 11) is 0. The lowest BCUT2D eigenvalue weighted by molar-refractivity contribution is 0.183. The van der Waals surface area contributed by atoms with Crippen LogP contribution in [0.3, 0.4) is 0 Å². The second kappa shape index (κ2) is 5.61. The van der Waals surface area contributed by atoms with Gasteiger partial charge in [0.2, 0.25) is 0 Å². The molecule has 2 rings (SSSR count). The molecule has 1 aromatic heterocycles. The lowest BCUT2D eigenvalue weighted by atomic mass is 10.0. The lowest BCUT2D eigenvalue weighted by Gasteiger charge is -2.05. The third kappa shape index (κ3) is 2.96. The van der Waals surface area contributed by atoms with Crippen molar-refractivity contribution in [2.45, 2.75) is 26.4 Å². The SMILES string of the molecule is Cc1ccc(-c2csc(CC(O)CN)n2)c(C)c1. The van der Waals surface area contributed by atoms with Crippen molar-refractivity contribution in [2.75, 3.05) is 6.54 Å². The summed E-state index contributed by atoms with van der Waals surface area (Å²) in [6, 6.07) is 6.35. The summed E-state index contributed by atoms with van der Waals surface area (Å²) in [5.41, 5.74) is 10.0. The first kappa shape index (κ1) is 13.2. The van der Waals surface area contributed by atoms with E-state index >= 15 is 0 Å². The number of aromatic nitrogens is 1. The zero-order valence-electron chi connectivity index (χ0n) is 10.7. The molecule has 1 unspecified atom stereocenters. The normalized spacial score (nSPS) is 12.7. The smallest absolute Gasteiger partial charge is 0.0958 e. The molecule has 0 saturated carbocycles. The Labute approximate surface area is 111 Å². The molecule has 0 fully saturated rings. The summed E-state index contributed by atoms with van der Waals surface area (Å²) in [6.45, 7) is 4.45. The van der Waals surface area contributed by atoms with Crippen molar-refractivity contribution in [1.82, 2.24) is 4.98 Å². The second-order valence-corrected chi connectivity index (χ2v) is 5.48. The highest BCUT2D eigenvalue weighted by Crippen LogP contribution is 2.26. The van der Waals surface area contributed by atoms with Gasteiger partial charge in [0.1, 0.15) is 0 Å². The second-order valence-electron chi connectivity index (χ2n) is 4.54. The molecule has 2 aromatic rings. The first-order valence-corrected chi connectivity index (χ1v) is 6.88. The van der Waals surface area contributed by atoms with Gasteiger partial charge in [-0.2, -0.15) is 0 Å². The van der Waals surface area contributed by atoms with E-state index in [2.05, 4.69) is 37.0 Å². The average Bonchev–Trinajstić information content (AvgIpc) is 2.77. The van der Waals surface area contributed by atoms with Gasteiger partial charge in [0.15, 0.2) is 0 Å². The van der Waals surface area contributed by atoms with Crippen LogP contribution in [0.1, 0.15) is 16.1 Å². The molecule has 96 valence electrons. The van der Waals surface area contributed by atoms with Crippen LogP contribution in [0.2, 0.25) is 0 Å². The number of aliphatic hydroxyl groups excluding tert-OH is 1. The molecule has 1 heterocycles. The van der Waals surface area contributed by atoms with Crippen LogP contribution < -0.4 is 5.73 Å². The van der Waals surface area contributed by atoms with Crippen LogP contribution in [0.5, 0.6) is 0 Å². The quantitative estimate of drug-likeness (QED) is 0.888. The first-order chi connectivity index (χ1) is 8.60. The fourth-order valence-corrected chi connectivity index (χ4v) is 2.78. The predicted octanol–water partition coefficient (Wildman–Crippen LogP) is 2.29. The maximum absolute atomic E-state index is 9.52. The number of aliphatic hydroxyl groups is 1. The minimum atomic E-state index is -0.497. The number of rotatable bonds is 4. The van der Waals surface area contributed by atoms with E-state index in [0.717, 1.165) is 16.3 Å². The number of aryl methyl sites for hydroxylation is 2. The molecular formula is C14H18N2OS. The fourth-order valence-electron chi connectivity index (χ4n) is 1.91. The molecule has 0 aliphatic carbocycles. The molecule has 0 radical (unpaired) electrons. The third-order valence-corrected chi connectivity index (χ3v) is 3.76. The molecule has 0 amide bonds. The lowest BCUT2D eigenvalue weighted by Crippen LogP contribution is -2.21. The molecule has 0 spiro atoms. The van der Waals surface area contributed by atoms with Gasteiger partial charge in [-0.05, 0) is 19.4 Å². The Morgan fingerprint density at radius 2 is 2.17 bits per heavy atom. The molecule has 0 aliphatic heterocycles. The summed E-state index contributed by atoms with van der Waals surface area (Å²) in [5, 5.41) is 12.5. The van der Waals surface area contributed by atoms with Gasteiger partial charge in [0.25, 0.3) is 0 Å². The van der Waals surface area contributed by atoms with Gasteiger partial charge in [-0.1, -0.05) is 23.8 Å². The van der Waals surface area contributed by atoms with Crippen molar-refractivity contribution < 1.29 is 5.11 Å². The zero-order chi connectivity index (χ0) is 13.1. The monoisotopic (exact) mass is 262 g/mol. The summed E-state index contributed by atoms with van der Waals surface area (Å²) in [6.07, 6.45) is 0.0367. The number of benzene rings is 1. The topological polar surface area (TPSA) is 59.1 Å². The molecule has 0 bridgehead atoms. The molecule has 4 heteroatoms. The molecule has 0 aliphatic rings. The van der Waals surface area contributed by atoms with Crippen LogP contribution in [0.25, 0.3) is 11.3 Å². The van der Waals surface area contributed by atoms with Gasteiger partial charge in [-0.15, -0.1) is 11.3 Å². The summed E-state index contributed by atoms with van der Waals surface area (Å²) >= 11 is 1.57. The highest BCUT2D eigenvalue weighted by atomic mass is 32.1. The van der Waals surface area contributed by atoms with Crippen molar-refractivity contribution >= 4 is 11.3 Å². The Balaban J connectivity index is 2.24. The highest BCUT2D eigenvalue weighted by Gasteiger charge is 2.10. The van der Waals surface area contributed by atoms with Gasteiger partial charge < -0.3 is 10.8 Å². The molecule has 0 saturated heterocycles. The van der Waals surface area contributed by atoms with Gasteiger partial charge in [0.05, 0.1) is 16.8 Å². The van der Waals surface area contributed by atoms with Gasteiger partial charge in [-0.3, -0.25) is 0 Å². The summed E-state index contributed by atoms with van der Waals surface area (Å²) in [4.78, 5) is 4.56. The maximum atomic E-state index is 9.52. The van der Waals surface area contributed by atoms with E-state index in [1.54, 1.807) is 11.3 Å². The number of nitrogens with zero attached hydrogens (tertiary/aromatic N) is 1. The van der Waals surface area contributed by atoms with Crippen molar-refractivity contribution in [3.8, 4) is 11.3 Å². The van der Waals surface area contributed by atoms with Crippen LogP contribution in [0.4, 0.5) is 0 Å². The minimum Gasteiger partial charge on any atom is -0.391 e. The fraction of sp³-hybridized carbons (Fsp3) is 0.357. The molecule has 3 N–H and O–H groups in total. The van der Waals surface area contributed by atoms with E-state index in [1.165, 1.54) is 11.1 Å². The van der Waals surface area contributed by atoms with E-state index < -0.39 is 6.10 Å². The van der Waals surface area contributed by atoms with Gasteiger partial charge in [0, 0.05) is 23.9 Å². The van der Waals surface area contributed by atoms with Crippen LogP contribution in [-0.4, -0.2) is 22.7 Å². The standard InChI is InChI=1S/C14H18N2OS/c1-9-3-4-12(10(2)5-9)13-8-18-14(16-13)6-11(17)7-15/h3-5,8,11,17H,6-7,15H2,1-2H3. The Morgan fingerprint density at radius 3 is 2.83 bits per heavy atom. The van der Waals surface area contributed by atoms with Gasteiger partial charge >= 0.3 is 0 Å². The number of hydrogen-bond donors (Lipinski definition) is 2. The van der Waals surface area contributed by atoms with E-state index in [1.807, 2.05) is 5.38 Å². The van der Waals surface area contributed by atoms with E-state index in [4.69, 9.17) is 5.73 Å². The highest BCUT2D eigenvalue weighted by molar-refractivity contribution is 7.09. The summed E-state index contributed by atoms with van der Waals surface area (Å²) < 4.78 is 0. The van der Waals surface area contributed by atoms with Crippen LogP contribution in [0, 0.1) is 13.8 Å². The largest absolute Gasteiger partial charge is 0.391 e. The average molecular weight is 262 g/mol. The maximum Gasteiger partial charge on any atom is 0.0958 e. The van der Waals surface area contributed by atoms with Crippen molar-refractivity contribution in [2.24, 2.45) is 5.73 Å². The number of hydrogen-bond acceptors (Lipinski definition) is 4. The van der Waals surface area contributed by atoms with Crippen LogP contribution in [-0.2, 0) is 6.42 Å². The molecule has 18 heavy (non-hydrogen) atoms. The van der Waals surface area contributed by atoms with E-state index in [-0.39, 0.29) is 6.54 Å². The molecule has 1 aromatic carbocycles. The predicted molar refractivity (Wildman–Crippen MR) is 75.8 cm³/mol. The molecule has 3 nitrogen and oxygen atoms in total. The van der Waals surface area contributed by atoms with Crippen LogP contribution >= 0.6 is 11.3 Å².